The van der Waals surface area contributed by atoms with Gasteiger partial charge in [0.25, 0.3) is 0 Å². The van der Waals surface area contributed by atoms with Gasteiger partial charge in [-0.3, -0.25) is 0 Å². The zero-order valence-electron chi connectivity index (χ0n) is 24.2. The minimum atomic E-state index is -0.758. The molecule has 3 fully saturated rings. The maximum atomic E-state index is 16.8. The number of nitrogens with zero attached hydrogens (tertiary/aromatic N) is 5. The second-order valence-electron chi connectivity index (χ2n) is 12.4. The average molecular weight is 599 g/mol. The molecular formula is C33H32F2N6O3. The number of phenols is 1. The highest BCUT2D eigenvalue weighted by Crippen LogP contribution is 2.48. The van der Waals surface area contributed by atoms with Crippen LogP contribution in [0.4, 0.5) is 14.6 Å². The second kappa shape index (κ2) is 10.4. The van der Waals surface area contributed by atoms with Crippen molar-refractivity contribution in [3.8, 4) is 41.2 Å². The fourth-order valence-electron chi connectivity index (χ4n) is 6.93. The van der Waals surface area contributed by atoms with E-state index in [9.17, 15) is 9.50 Å². The van der Waals surface area contributed by atoms with Crippen LogP contribution in [0.5, 0.6) is 17.6 Å². The Kier molecular flexibility index (Phi) is 6.46. The Bertz CT molecular complexity index is 1850. The molecule has 8 rings (SSSR count). The lowest BCUT2D eigenvalue weighted by molar-refractivity contribution is 0.170. The molecule has 4 aromatic rings. The Morgan fingerprint density at radius 3 is 2.75 bits per heavy atom. The standard InChI is InChI=1S/C33H32F2N6O3/c1-2-22-24(34)6-5-19-13-21(42)14-23(25(19)22)28-27(35)29-26-30(41-12-9-36-15-20(41)16-43-31(26)37-28)39-32(38-29)44-18-33(7-8-33)17-40-10-3-4-11-40/h1,5-6,13-14,20,36,42H,3-4,7-12,15-18H2/t20-/m0/s1. The van der Waals surface area contributed by atoms with Crippen molar-refractivity contribution in [1.29, 1.82) is 0 Å². The molecule has 226 valence electrons. The number of phenolic OH excluding ortho intramolecular Hbond substituents is 1. The molecule has 2 aromatic carbocycles. The Morgan fingerprint density at radius 1 is 1.11 bits per heavy atom. The normalized spacial score (nSPS) is 20.7. The van der Waals surface area contributed by atoms with Crippen molar-refractivity contribution < 1.29 is 23.4 Å². The fourth-order valence-corrected chi connectivity index (χ4v) is 6.93. The number of anilines is 1. The van der Waals surface area contributed by atoms with E-state index in [0.717, 1.165) is 39.0 Å². The number of pyridine rings is 1. The highest BCUT2D eigenvalue weighted by Gasteiger charge is 2.45. The lowest BCUT2D eigenvalue weighted by Gasteiger charge is -2.35. The summed E-state index contributed by atoms with van der Waals surface area (Å²) < 4.78 is 44.2. The third-order valence-corrected chi connectivity index (χ3v) is 9.42. The first-order valence-corrected chi connectivity index (χ1v) is 15.2. The van der Waals surface area contributed by atoms with Crippen molar-refractivity contribution >= 4 is 27.5 Å². The van der Waals surface area contributed by atoms with Crippen molar-refractivity contribution in [3.63, 3.8) is 0 Å². The Labute approximate surface area is 253 Å². The van der Waals surface area contributed by atoms with Crippen molar-refractivity contribution in [2.45, 2.75) is 31.7 Å². The number of aromatic hydroxyl groups is 1. The van der Waals surface area contributed by atoms with Gasteiger partial charge in [-0.1, -0.05) is 12.0 Å². The number of aromatic nitrogens is 3. The summed E-state index contributed by atoms with van der Waals surface area (Å²) in [6.45, 7) is 5.97. The molecule has 1 aliphatic carbocycles. The van der Waals surface area contributed by atoms with Gasteiger partial charge in [-0.05, 0) is 62.4 Å². The summed E-state index contributed by atoms with van der Waals surface area (Å²) >= 11 is 0. The Morgan fingerprint density at radius 2 is 1.95 bits per heavy atom. The molecule has 4 aliphatic rings. The largest absolute Gasteiger partial charge is 0.508 e. The highest BCUT2D eigenvalue weighted by atomic mass is 19.1. The van der Waals surface area contributed by atoms with Crippen LogP contribution in [-0.2, 0) is 0 Å². The van der Waals surface area contributed by atoms with E-state index in [1.807, 2.05) is 0 Å². The van der Waals surface area contributed by atoms with E-state index in [4.69, 9.17) is 20.9 Å². The number of benzene rings is 2. The number of likely N-dealkylation sites (tertiary alicyclic amines) is 1. The number of terminal acetylenes is 1. The Hall–Kier alpha value is -4.27. The predicted octanol–water partition coefficient (Wildman–Crippen LogP) is 4.24. The van der Waals surface area contributed by atoms with Gasteiger partial charge >= 0.3 is 6.01 Å². The number of halogens is 2. The first kappa shape index (κ1) is 27.3. The number of ether oxygens (including phenoxy) is 2. The van der Waals surface area contributed by atoms with Gasteiger partial charge in [0.2, 0.25) is 5.88 Å². The smallest absolute Gasteiger partial charge is 0.319 e. The Balaban J connectivity index is 1.29. The molecule has 2 saturated heterocycles. The molecule has 11 heteroatoms. The van der Waals surface area contributed by atoms with Crippen LogP contribution < -0.4 is 19.7 Å². The maximum absolute atomic E-state index is 16.8. The molecule has 2 aromatic heterocycles. The SMILES string of the molecule is C#Cc1c(F)ccc2cc(O)cc(-c3nc4c5c(nc(OCC6(CN7CCCC7)CC6)nc5c3F)N3CCNC[C@H]3CO4)c12. The third-order valence-electron chi connectivity index (χ3n) is 9.42. The van der Waals surface area contributed by atoms with E-state index in [1.54, 1.807) is 0 Å². The molecule has 0 amide bonds. The van der Waals surface area contributed by atoms with E-state index >= 15 is 4.39 Å². The second-order valence-corrected chi connectivity index (χ2v) is 12.4. The molecule has 5 heterocycles. The molecule has 44 heavy (non-hydrogen) atoms. The van der Waals surface area contributed by atoms with Crippen LogP contribution in [0.15, 0.2) is 24.3 Å². The summed E-state index contributed by atoms with van der Waals surface area (Å²) in [6, 6.07) is 5.54. The molecule has 3 aliphatic heterocycles. The molecule has 1 atom stereocenters. The molecule has 0 radical (unpaired) electrons. The van der Waals surface area contributed by atoms with Gasteiger partial charge in [0, 0.05) is 42.5 Å². The molecule has 1 saturated carbocycles. The molecule has 0 bridgehead atoms. The van der Waals surface area contributed by atoms with Crippen molar-refractivity contribution in [1.82, 2.24) is 25.2 Å². The van der Waals surface area contributed by atoms with E-state index in [1.165, 1.54) is 37.1 Å². The van der Waals surface area contributed by atoms with Gasteiger partial charge in [-0.25, -0.2) is 13.8 Å². The van der Waals surface area contributed by atoms with E-state index in [-0.39, 0.29) is 63.4 Å². The van der Waals surface area contributed by atoms with Crippen LogP contribution in [-0.4, -0.2) is 83.5 Å². The number of piperazine rings is 1. The summed E-state index contributed by atoms with van der Waals surface area (Å²) in [5.41, 5.74) is -0.0178. The summed E-state index contributed by atoms with van der Waals surface area (Å²) in [4.78, 5) is 18.7. The topological polar surface area (TPSA) is 95.9 Å². The quantitative estimate of drug-likeness (QED) is 0.316. The number of hydrogen-bond donors (Lipinski definition) is 2. The minimum absolute atomic E-state index is 0.0104. The zero-order chi connectivity index (χ0) is 30.0. The van der Waals surface area contributed by atoms with Gasteiger partial charge in [-0.2, -0.15) is 9.97 Å². The maximum Gasteiger partial charge on any atom is 0.319 e. The van der Waals surface area contributed by atoms with Crippen LogP contribution in [0, 0.1) is 29.4 Å². The molecule has 0 spiro atoms. The first-order valence-electron chi connectivity index (χ1n) is 15.2. The summed E-state index contributed by atoms with van der Waals surface area (Å²) in [6.07, 6.45) is 10.3. The van der Waals surface area contributed by atoms with Gasteiger partial charge in [0.05, 0.1) is 18.2 Å². The van der Waals surface area contributed by atoms with E-state index < -0.39 is 11.6 Å². The summed E-state index contributed by atoms with van der Waals surface area (Å²) in [5.74, 6) is 1.54. The number of nitrogens with one attached hydrogen (secondary N) is 1. The van der Waals surface area contributed by atoms with Gasteiger partial charge in [0.15, 0.2) is 5.82 Å². The zero-order valence-corrected chi connectivity index (χ0v) is 24.2. The molecule has 9 nitrogen and oxygen atoms in total. The summed E-state index contributed by atoms with van der Waals surface area (Å²) in [5, 5.41) is 15.0. The lowest BCUT2D eigenvalue weighted by Crippen LogP contribution is -2.53. The van der Waals surface area contributed by atoms with Crippen molar-refractivity contribution in [2.75, 3.05) is 57.4 Å². The van der Waals surface area contributed by atoms with E-state index in [0.29, 0.717) is 36.3 Å². The van der Waals surface area contributed by atoms with Crippen LogP contribution in [0.1, 0.15) is 31.2 Å². The number of fused-ring (bicyclic) bond motifs is 3. The number of hydrogen-bond acceptors (Lipinski definition) is 9. The third kappa shape index (κ3) is 4.55. The minimum Gasteiger partial charge on any atom is -0.508 e. The summed E-state index contributed by atoms with van der Waals surface area (Å²) in [7, 11) is 0. The fraction of sp³-hybridized carbons (Fsp3) is 0.424. The highest BCUT2D eigenvalue weighted by molar-refractivity contribution is 6.04. The van der Waals surface area contributed by atoms with Crippen LogP contribution in [0.3, 0.4) is 0 Å². The lowest BCUT2D eigenvalue weighted by atomic mass is 9.95. The van der Waals surface area contributed by atoms with Crippen LogP contribution in [0.2, 0.25) is 0 Å². The van der Waals surface area contributed by atoms with E-state index in [2.05, 4.69) is 31.0 Å². The van der Waals surface area contributed by atoms with Gasteiger partial charge in [-0.15, -0.1) is 6.42 Å². The van der Waals surface area contributed by atoms with Crippen LogP contribution in [0.25, 0.3) is 32.9 Å². The molecular weight excluding hydrogens is 566 g/mol. The molecule has 0 unspecified atom stereocenters. The van der Waals surface area contributed by atoms with Crippen LogP contribution >= 0.6 is 0 Å². The molecule has 2 N–H and O–H groups in total. The van der Waals surface area contributed by atoms with Crippen molar-refractivity contribution in [2.24, 2.45) is 5.41 Å². The predicted molar refractivity (Wildman–Crippen MR) is 162 cm³/mol. The van der Waals surface area contributed by atoms with Gasteiger partial charge in [0.1, 0.15) is 40.6 Å². The van der Waals surface area contributed by atoms with Gasteiger partial charge < -0.3 is 29.7 Å². The number of rotatable bonds is 6. The van der Waals surface area contributed by atoms with Crippen molar-refractivity contribution in [3.05, 3.63) is 41.5 Å². The monoisotopic (exact) mass is 598 g/mol. The average Bonchev–Trinajstić information content (AvgIpc) is 3.65. The first-order chi connectivity index (χ1) is 21.4.